The van der Waals surface area contributed by atoms with Crippen molar-refractivity contribution < 1.29 is 0 Å². The highest BCUT2D eigenvalue weighted by molar-refractivity contribution is 6.19. The van der Waals surface area contributed by atoms with E-state index in [0.717, 1.165) is 129 Å². The van der Waals surface area contributed by atoms with Crippen LogP contribution >= 0.6 is 0 Å². The van der Waals surface area contributed by atoms with Crippen LogP contribution in [0.1, 0.15) is 0 Å². The van der Waals surface area contributed by atoms with Crippen molar-refractivity contribution in [2.24, 2.45) is 0 Å². The number of nitrogens with zero attached hydrogens (tertiary/aromatic N) is 8. The Balaban J connectivity index is 0.000000139. The van der Waals surface area contributed by atoms with Crippen LogP contribution in [0, 0.1) is 0 Å². The van der Waals surface area contributed by atoms with E-state index in [1.807, 2.05) is 42.7 Å². The Morgan fingerprint density at radius 1 is 0.200 bits per heavy atom. The predicted octanol–water partition coefficient (Wildman–Crippen LogP) is 23.3. The van der Waals surface area contributed by atoms with Gasteiger partial charge in [-0.3, -0.25) is 13.7 Å². The third-order valence-corrected chi connectivity index (χ3v) is 19.5. The molecule has 0 amide bonds. The second kappa shape index (κ2) is 24.3. The van der Waals surface area contributed by atoms with Crippen molar-refractivity contribution in [3.05, 3.63) is 364 Å². The zero-order valence-electron chi connectivity index (χ0n) is 54.2. The highest BCUT2D eigenvalue weighted by Crippen LogP contribution is 2.45. The second-order valence-corrected chi connectivity index (χ2v) is 25.3. The Morgan fingerprint density at radius 2 is 0.580 bits per heavy atom. The monoisotopic (exact) mass is 1280 g/mol. The van der Waals surface area contributed by atoms with E-state index in [-0.39, 0.29) is 0 Å². The molecule has 0 radical (unpaired) electrons. The fraction of sp³-hybridized carbons (Fsp3) is 0. The van der Waals surface area contributed by atoms with Gasteiger partial charge in [-0.15, -0.1) is 0 Å². The zero-order valence-corrected chi connectivity index (χ0v) is 54.2. The normalized spacial score (nSPS) is 11.6. The molecule has 0 aliphatic rings. The molecule has 0 bridgehead atoms. The molecule has 0 fully saturated rings. The van der Waals surface area contributed by atoms with Crippen molar-refractivity contribution in [2.75, 3.05) is 0 Å². The minimum atomic E-state index is 0.890. The number of para-hydroxylation sites is 4. The van der Waals surface area contributed by atoms with E-state index < -0.39 is 0 Å². The Labute approximate surface area is 576 Å². The van der Waals surface area contributed by atoms with Gasteiger partial charge in [-0.05, 0) is 155 Å². The van der Waals surface area contributed by atoms with Crippen LogP contribution in [0.3, 0.4) is 0 Å². The van der Waals surface area contributed by atoms with Gasteiger partial charge in [0.05, 0.1) is 55.9 Å². The van der Waals surface area contributed by atoms with Gasteiger partial charge in [0.1, 0.15) is 17.1 Å². The molecular weight excluding hydrogens is 1220 g/mol. The molecule has 0 saturated heterocycles. The van der Waals surface area contributed by atoms with E-state index in [4.69, 9.17) is 19.9 Å². The summed E-state index contributed by atoms with van der Waals surface area (Å²) in [6, 6.07) is 125. The largest absolute Gasteiger partial charge is 0.309 e. The number of hydrogen-bond acceptors (Lipinski definition) is 4. The van der Waals surface area contributed by atoms with Gasteiger partial charge in [0.15, 0.2) is 0 Å². The van der Waals surface area contributed by atoms with Crippen molar-refractivity contribution in [1.82, 2.24) is 38.2 Å². The van der Waals surface area contributed by atoms with Crippen LogP contribution < -0.4 is 0 Å². The molecule has 20 aromatic rings. The summed E-state index contributed by atoms with van der Waals surface area (Å²) in [7, 11) is 0. The molecule has 0 aliphatic carbocycles. The Kier molecular flexibility index (Phi) is 14.0. The van der Waals surface area contributed by atoms with Crippen LogP contribution in [-0.4, -0.2) is 38.2 Å². The van der Waals surface area contributed by atoms with Crippen molar-refractivity contribution in [1.29, 1.82) is 0 Å². The zero-order chi connectivity index (χ0) is 66.0. The highest BCUT2D eigenvalue weighted by Gasteiger charge is 2.23. The predicted molar refractivity (Wildman–Crippen MR) is 414 cm³/mol. The van der Waals surface area contributed by atoms with Gasteiger partial charge in [-0.1, -0.05) is 231 Å². The maximum absolute atomic E-state index is 5.33. The second-order valence-electron chi connectivity index (χ2n) is 25.3. The molecule has 100 heavy (non-hydrogen) atoms. The lowest BCUT2D eigenvalue weighted by molar-refractivity contribution is 1.08. The fourth-order valence-electron chi connectivity index (χ4n) is 15.1. The number of hydrogen-bond donors (Lipinski definition) is 0. The molecule has 0 saturated carbocycles. The molecule has 8 aromatic heterocycles. The standard InChI is InChI=1S/2C46H30N4/c1-4-14-31(15-5-1)34-29-40(32-16-6-2-7-17-32)48-44(30-34)50-41-23-11-10-20-38(41)45-36(21-12-24-43(45)50)33-25-26-42-39(28-33)37-22-13-27-47-46(37)49(42)35-18-8-3-9-19-35;1-4-14-31(15-5-1)40-29-35(30-41(48-40)32-16-6-2-7-17-32)49-42-23-11-10-20-38(42)45-36(21-12-24-44(45)49)33-25-26-43-39(28-33)37-22-13-27-47-46(37)50(43)34-18-8-3-9-19-34/h2*1-30H. The number of fused-ring (bicyclic) bond motifs is 12. The van der Waals surface area contributed by atoms with Gasteiger partial charge in [0, 0.05) is 83.5 Å². The topological polar surface area (TPSA) is 71.3 Å². The maximum Gasteiger partial charge on any atom is 0.145 e. The molecule has 8 heterocycles. The van der Waals surface area contributed by atoms with E-state index in [2.05, 4.69) is 340 Å². The lowest BCUT2D eigenvalue weighted by atomic mass is 9.98. The number of benzene rings is 12. The van der Waals surface area contributed by atoms with Crippen molar-refractivity contribution in [2.45, 2.75) is 0 Å². The summed E-state index contributed by atoms with van der Waals surface area (Å²) in [5.41, 5.74) is 25.1. The number of pyridine rings is 4. The smallest absolute Gasteiger partial charge is 0.145 e. The van der Waals surface area contributed by atoms with Crippen molar-refractivity contribution in [3.8, 4) is 90.0 Å². The van der Waals surface area contributed by atoms with E-state index in [0.29, 0.717) is 0 Å². The minimum absolute atomic E-state index is 0.890. The first-order valence-corrected chi connectivity index (χ1v) is 33.8. The summed E-state index contributed by atoms with van der Waals surface area (Å²) in [5.74, 6) is 0.890. The SMILES string of the molecule is c1ccc(-c2cc(-c3ccccc3)nc(-n3c4ccccc4c4c(-c5ccc6c(c5)c5cccnc5n6-c5ccccc5)cccc43)c2)cc1.c1ccc(-c2cc(-n3c4ccccc4c4c(-c5ccc6c(c5)c5cccnc5n6-c5ccccc5)cccc43)cc(-c3ccccc3)n2)cc1. The van der Waals surface area contributed by atoms with Crippen molar-refractivity contribution >= 4 is 87.5 Å². The molecule has 8 nitrogen and oxygen atoms in total. The quantitative estimate of drug-likeness (QED) is 0.137. The first-order chi connectivity index (χ1) is 49.6. The third-order valence-electron chi connectivity index (χ3n) is 19.5. The molecule has 12 aromatic carbocycles. The van der Waals surface area contributed by atoms with E-state index >= 15 is 0 Å². The van der Waals surface area contributed by atoms with Gasteiger partial charge in [0.25, 0.3) is 0 Å². The average molecular weight is 1280 g/mol. The Hall–Kier alpha value is -13.6. The van der Waals surface area contributed by atoms with E-state index in [9.17, 15) is 0 Å². The molecule has 8 heteroatoms. The van der Waals surface area contributed by atoms with E-state index in [1.165, 1.54) is 49.0 Å². The summed E-state index contributed by atoms with van der Waals surface area (Å²) in [4.78, 5) is 20.2. The average Bonchev–Trinajstić information content (AvgIpc) is 1.58. The molecular formula is C92H60N8. The van der Waals surface area contributed by atoms with Crippen LogP contribution in [-0.2, 0) is 0 Å². The van der Waals surface area contributed by atoms with Gasteiger partial charge < -0.3 is 4.57 Å². The summed E-state index contributed by atoms with van der Waals surface area (Å²) >= 11 is 0. The van der Waals surface area contributed by atoms with Crippen LogP contribution in [0.15, 0.2) is 364 Å². The highest BCUT2D eigenvalue weighted by atomic mass is 15.1. The van der Waals surface area contributed by atoms with E-state index in [1.54, 1.807) is 0 Å². The lowest BCUT2D eigenvalue weighted by Gasteiger charge is -2.13. The van der Waals surface area contributed by atoms with Gasteiger partial charge in [0.2, 0.25) is 0 Å². The minimum Gasteiger partial charge on any atom is -0.309 e. The summed E-state index contributed by atoms with van der Waals surface area (Å²) < 4.78 is 9.25. The first-order valence-electron chi connectivity index (χ1n) is 33.8. The molecule has 468 valence electrons. The molecule has 0 atom stereocenters. The third kappa shape index (κ3) is 9.84. The van der Waals surface area contributed by atoms with Gasteiger partial charge in [-0.25, -0.2) is 19.9 Å². The molecule has 0 N–H and O–H groups in total. The first kappa shape index (κ1) is 57.9. The maximum atomic E-state index is 5.33. The lowest BCUT2D eigenvalue weighted by Crippen LogP contribution is -2.00. The number of aromatic nitrogens is 8. The Bertz CT molecular complexity index is 5980. The van der Waals surface area contributed by atoms with Crippen LogP contribution in [0.25, 0.3) is 178 Å². The van der Waals surface area contributed by atoms with Gasteiger partial charge in [-0.2, -0.15) is 0 Å². The Morgan fingerprint density at radius 3 is 1.06 bits per heavy atom. The summed E-state index contributed by atoms with van der Waals surface area (Å²) in [5, 5.41) is 9.49. The fourth-order valence-corrected chi connectivity index (χ4v) is 15.1. The summed E-state index contributed by atoms with van der Waals surface area (Å²) in [6.07, 6.45) is 3.75. The number of rotatable bonds is 10. The van der Waals surface area contributed by atoms with Crippen LogP contribution in [0.2, 0.25) is 0 Å². The van der Waals surface area contributed by atoms with Crippen LogP contribution in [0.5, 0.6) is 0 Å². The molecule has 0 spiro atoms. The molecule has 0 aliphatic heterocycles. The summed E-state index contributed by atoms with van der Waals surface area (Å²) in [6.45, 7) is 0. The molecule has 0 unspecified atom stereocenters. The molecule has 20 rings (SSSR count). The van der Waals surface area contributed by atoms with Gasteiger partial charge >= 0.3 is 0 Å². The van der Waals surface area contributed by atoms with Crippen molar-refractivity contribution in [3.63, 3.8) is 0 Å². The van der Waals surface area contributed by atoms with Crippen LogP contribution in [0.4, 0.5) is 0 Å².